The number of rotatable bonds is 9. The zero-order chi connectivity index (χ0) is 19.9. The van der Waals surface area contributed by atoms with Crippen molar-refractivity contribution in [3.63, 3.8) is 0 Å². The first-order valence-electron chi connectivity index (χ1n) is 10.1. The molecule has 27 heavy (non-hydrogen) atoms. The van der Waals surface area contributed by atoms with Crippen molar-refractivity contribution in [3.05, 3.63) is 41.4 Å². The van der Waals surface area contributed by atoms with Crippen LogP contribution in [0, 0.1) is 11.3 Å². The van der Waals surface area contributed by atoms with E-state index in [1.165, 1.54) is 11.3 Å². The van der Waals surface area contributed by atoms with Gasteiger partial charge in [0.15, 0.2) is 0 Å². The Morgan fingerprint density at radius 1 is 1.37 bits per heavy atom. The zero-order valence-electron chi connectivity index (χ0n) is 17.1. The molecule has 1 aliphatic rings. The fourth-order valence-electron chi connectivity index (χ4n) is 3.66. The van der Waals surface area contributed by atoms with E-state index in [1.54, 1.807) is 0 Å². The molecule has 0 saturated carbocycles. The third kappa shape index (κ3) is 6.98. The molecule has 1 aromatic heterocycles. The predicted octanol–water partition coefficient (Wildman–Crippen LogP) is 3.68. The van der Waals surface area contributed by atoms with Crippen molar-refractivity contribution in [2.75, 3.05) is 13.1 Å². The van der Waals surface area contributed by atoms with Gasteiger partial charge in [0, 0.05) is 49.8 Å². The van der Waals surface area contributed by atoms with Crippen LogP contribution in [0.5, 0.6) is 0 Å². The van der Waals surface area contributed by atoms with E-state index >= 15 is 0 Å². The van der Waals surface area contributed by atoms with Gasteiger partial charge in [0.05, 0.1) is 5.76 Å². The summed E-state index contributed by atoms with van der Waals surface area (Å²) >= 11 is 0. The van der Waals surface area contributed by atoms with Gasteiger partial charge in [-0.2, -0.15) is 0 Å². The minimum Gasteiger partial charge on any atom is -0.513 e. The number of carbonyl (C=O) groups is 1. The van der Waals surface area contributed by atoms with Crippen LogP contribution in [0.2, 0.25) is 0 Å². The number of unbranched alkanes of at least 4 members (excludes halogenated alkanes) is 1. The summed E-state index contributed by atoms with van der Waals surface area (Å²) < 4.78 is 0. The molecule has 0 aliphatic carbocycles. The molecule has 150 valence electrons. The first-order valence-corrected chi connectivity index (χ1v) is 10.1. The summed E-state index contributed by atoms with van der Waals surface area (Å²) in [5.41, 5.74) is 3.60. The maximum Gasteiger partial charge on any atom is 0.219 e. The van der Waals surface area contributed by atoms with E-state index in [0.29, 0.717) is 19.4 Å². The lowest BCUT2D eigenvalue weighted by Gasteiger charge is -2.29. The minimum atomic E-state index is -0.0610. The molecular formula is C22H35N3O2. The van der Waals surface area contributed by atoms with E-state index in [2.05, 4.69) is 50.1 Å². The van der Waals surface area contributed by atoms with Crippen LogP contribution in [-0.2, 0) is 24.2 Å². The number of aryl methyl sites for hydroxylation is 1. The highest BCUT2D eigenvalue weighted by molar-refractivity contribution is 5.75. The van der Waals surface area contributed by atoms with Gasteiger partial charge in [0.25, 0.3) is 0 Å². The molecule has 0 spiro atoms. The molecule has 1 unspecified atom stereocenters. The Kier molecular flexibility index (Phi) is 7.84. The van der Waals surface area contributed by atoms with E-state index in [9.17, 15) is 9.90 Å². The molecular weight excluding hydrogens is 338 g/mol. The van der Waals surface area contributed by atoms with Crippen LogP contribution in [0.15, 0.2) is 24.5 Å². The SMILES string of the molecule is C=C(O)C(CCNC(=O)CCCCc1ccc2c(n1)CCNC2)C(C)(C)C. The molecule has 1 amide bonds. The van der Waals surface area contributed by atoms with Crippen molar-refractivity contribution in [2.24, 2.45) is 11.3 Å². The summed E-state index contributed by atoms with van der Waals surface area (Å²) in [7, 11) is 0. The second-order valence-corrected chi connectivity index (χ2v) is 8.59. The number of fused-ring (bicyclic) bond motifs is 1. The molecule has 0 bridgehead atoms. The van der Waals surface area contributed by atoms with Gasteiger partial charge < -0.3 is 15.7 Å². The first-order chi connectivity index (χ1) is 12.8. The number of amides is 1. The van der Waals surface area contributed by atoms with E-state index < -0.39 is 0 Å². The Bertz CT molecular complexity index is 649. The fourth-order valence-corrected chi connectivity index (χ4v) is 3.66. The zero-order valence-corrected chi connectivity index (χ0v) is 17.1. The quantitative estimate of drug-likeness (QED) is 0.456. The van der Waals surface area contributed by atoms with Gasteiger partial charge in [0.2, 0.25) is 5.91 Å². The molecule has 1 aromatic rings. The number of nitrogens with one attached hydrogen (secondary N) is 2. The summed E-state index contributed by atoms with van der Waals surface area (Å²) in [6, 6.07) is 4.29. The number of hydrogen-bond acceptors (Lipinski definition) is 4. The van der Waals surface area contributed by atoms with Crippen LogP contribution in [0.1, 0.15) is 63.4 Å². The Balaban J connectivity index is 1.64. The van der Waals surface area contributed by atoms with Crippen molar-refractivity contribution in [2.45, 2.75) is 65.8 Å². The average Bonchev–Trinajstić information content (AvgIpc) is 2.61. The number of carbonyl (C=O) groups excluding carboxylic acids is 1. The third-order valence-electron chi connectivity index (χ3n) is 5.27. The normalized spacial score (nSPS) is 15.1. The van der Waals surface area contributed by atoms with Gasteiger partial charge in [0.1, 0.15) is 0 Å². The van der Waals surface area contributed by atoms with Gasteiger partial charge in [-0.1, -0.05) is 33.4 Å². The van der Waals surface area contributed by atoms with E-state index in [0.717, 1.165) is 44.5 Å². The lowest BCUT2D eigenvalue weighted by Crippen LogP contribution is -2.30. The maximum atomic E-state index is 12.0. The second-order valence-electron chi connectivity index (χ2n) is 8.59. The highest BCUT2D eigenvalue weighted by Gasteiger charge is 2.26. The topological polar surface area (TPSA) is 74.2 Å². The number of allylic oxidation sites excluding steroid dienone is 1. The van der Waals surface area contributed by atoms with Crippen LogP contribution in [-0.4, -0.2) is 29.1 Å². The summed E-state index contributed by atoms with van der Waals surface area (Å²) in [6.07, 6.45) is 5.00. The smallest absolute Gasteiger partial charge is 0.219 e. The van der Waals surface area contributed by atoms with Crippen LogP contribution in [0.25, 0.3) is 0 Å². The Morgan fingerprint density at radius 3 is 2.85 bits per heavy atom. The molecule has 5 heteroatoms. The van der Waals surface area contributed by atoms with Crippen LogP contribution >= 0.6 is 0 Å². The van der Waals surface area contributed by atoms with E-state index in [-0.39, 0.29) is 23.0 Å². The van der Waals surface area contributed by atoms with Crippen LogP contribution in [0.3, 0.4) is 0 Å². The standard InChI is InChI=1S/C22H35N3O2/c1-16(26)19(22(2,3)4)11-14-24-21(27)8-6-5-7-18-10-9-17-15-23-13-12-20(17)25-18/h9-10,19,23,26H,1,5-8,11-15H2,2-4H3,(H,24,27). The second kappa shape index (κ2) is 9.88. The van der Waals surface area contributed by atoms with Crippen molar-refractivity contribution >= 4 is 5.91 Å². The van der Waals surface area contributed by atoms with Crippen LogP contribution in [0.4, 0.5) is 0 Å². The third-order valence-corrected chi connectivity index (χ3v) is 5.27. The Hall–Kier alpha value is -1.88. The number of aliphatic hydroxyl groups excluding tert-OH is 1. The van der Waals surface area contributed by atoms with Crippen molar-refractivity contribution in [3.8, 4) is 0 Å². The first kappa shape index (κ1) is 21.4. The number of aliphatic hydroxyl groups is 1. The highest BCUT2D eigenvalue weighted by Crippen LogP contribution is 2.32. The molecule has 2 rings (SSSR count). The average molecular weight is 374 g/mol. The van der Waals surface area contributed by atoms with Crippen molar-refractivity contribution < 1.29 is 9.90 Å². The van der Waals surface area contributed by atoms with Gasteiger partial charge in [-0.25, -0.2) is 0 Å². The van der Waals surface area contributed by atoms with Gasteiger partial charge >= 0.3 is 0 Å². The number of aromatic nitrogens is 1. The molecule has 3 N–H and O–H groups in total. The molecule has 5 nitrogen and oxygen atoms in total. The lowest BCUT2D eigenvalue weighted by atomic mass is 9.78. The van der Waals surface area contributed by atoms with Crippen molar-refractivity contribution in [1.29, 1.82) is 0 Å². The molecule has 0 radical (unpaired) electrons. The fraction of sp³-hybridized carbons (Fsp3) is 0.636. The Morgan fingerprint density at radius 2 is 2.15 bits per heavy atom. The molecule has 0 saturated heterocycles. The molecule has 1 aliphatic heterocycles. The maximum absolute atomic E-state index is 12.0. The summed E-state index contributed by atoms with van der Waals surface area (Å²) in [5, 5.41) is 16.1. The van der Waals surface area contributed by atoms with E-state index in [1.807, 2.05) is 0 Å². The number of nitrogens with zero attached hydrogens (tertiary/aromatic N) is 1. The van der Waals surface area contributed by atoms with Gasteiger partial charge in [-0.3, -0.25) is 9.78 Å². The lowest BCUT2D eigenvalue weighted by molar-refractivity contribution is -0.121. The molecule has 2 heterocycles. The van der Waals surface area contributed by atoms with Gasteiger partial charge in [-0.05, 0) is 42.7 Å². The summed E-state index contributed by atoms with van der Waals surface area (Å²) in [4.78, 5) is 16.8. The monoisotopic (exact) mass is 373 g/mol. The Labute approximate surface area is 163 Å². The van der Waals surface area contributed by atoms with Crippen molar-refractivity contribution in [1.82, 2.24) is 15.6 Å². The molecule has 0 aromatic carbocycles. The van der Waals surface area contributed by atoms with Gasteiger partial charge in [-0.15, -0.1) is 0 Å². The summed E-state index contributed by atoms with van der Waals surface area (Å²) in [5.74, 6) is 0.267. The molecule has 1 atom stereocenters. The van der Waals surface area contributed by atoms with E-state index in [4.69, 9.17) is 4.98 Å². The number of pyridine rings is 1. The minimum absolute atomic E-state index is 0.0110. The highest BCUT2D eigenvalue weighted by atomic mass is 16.3. The number of hydrogen-bond donors (Lipinski definition) is 3. The summed E-state index contributed by atoms with van der Waals surface area (Å²) in [6.45, 7) is 12.4. The largest absolute Gasteiger partial charge is 0.513 e. The predicted molar refractivity (Wildman–Crippen MR) is 110 cm³/mol. The van der Waals surface area contributed by atoms with Crippen LogP contribution < -0.4 is 10.6 Å². The molecule has 0 fully saturated rings.